The highest BCUT2D eigenvalue weighted by Crippen LogP contribution is 2.35. The Morgan fingerprint density at radius 1 is 1.03 bits per heavy atom. The van der Waals surface area contributed by atoms with Crippen molar-refractivity contribution in [2.24, 2.45) is 5.10 Å². The minimum Gasteiger partial charge on any atom is -0.508 e. The van der Waals surface area contributed by atoms with Crippen LogP contribution in [0, 0.1) is 6.92 Å². The van der Waals surface area contributed by atoms with Crippen LogP contribution < -0.4 is 10.2 Å². The van der Waals surface area contributed by atoms with E-state index in [1.807, 2.05) is 31.2 Å². The Balaban J connectivity index is 1.62. The van der Waals surface area contributed by atoms with E-state index in [0.29, 0.717) is 23.4 Å². The lowest BCUT2D eigenvalue weighted by Crippen LogP contribution is -2.19. The van der Waals surface area contributed by atoms with Crippen molar-refractivity contribution in [1.29, 1.82) is 0 Å². The molecule has 0 aliphatic rings. The number of carbonyl (C=O) groups excluding carboxylic acids is 1. The molecule has 0 bridgehead atoms. The molecule has 160 valence electrons. The Morgan fingerprint density at radius 3 is 2.29 bits per heavy atom. The van der Waals surface area contributed by atoms with Crippen LogP contribution in [0.25, 0.3) is 0 Å². The molecule has 31 heavy (non-hydrogen) atoms. The first-order valence-electron chi connectivity index (χ1n) is 9.29. The van der Waals surface area contributed by atoms with Gasteiger partial charge in [0.25, 0.3) is 5.91 Å². The third-order valence-electron chi connectivity index (χ3n) is 4.44. The van der Waals surface area contributed by atoms with Crippen molar-refractivity contribution in [1.82, 2.24) is 5.43 Å². The van der Waals surface area contributed by atoms with Gasteiger partial charge in [-0.2, -0.15) is 5.10 Å². The molecule has 0 aliphatic carbocycles. The molecule has 8 heteroatoms. The van der Waals surface area contributed by atoms with E-state index in [9.17, 15) is 15.0 Å². The van der Waals surface area contributed by atoms with Gasteiger partial charge < -0.3 is 14.9 Å². The van der Waals surface area contributed by atoms with Gasteiger partial charge in [-0.3, -0.25) is 4.79 Å². The summed E-state index contributed by atoms with van der Waals surface area (Å²) in [5, 5.41) is 23.3. The van der Waals surface area contributed by atoms with E-state index < -0.39 is 0 Å². The number of aromatic hydroxyl groups is 2. The zero-order valence-electron chi connectivity index (χ0n) is 16.8. The zero-order chi connectivity index (χ0) is 22.5. The second-order valence-electron chi connectivity index (χ2n) is 6.88. The average molecular weight is 548 g/mol. The quantitative estimate of drug-likeness (QED) is 0.274. The number of halogens is 2. The van der Waals surface area contributed by atoms with Crippen LogP contribution in [0.1, 0.15) is 34.0 Å². The first kappa shape index (κ1) is 22.8. The number of phenolic OH excluding ortho intramolecular Hbond substituents is 2. The highest BCUT2D eigenvalue weighted by molar-refractivity contribution is 9.11. The van der Waals surface area contributed by atoms with Crippen LogP contribution in [0.2, 0.25) is 0 Å². The van der Waals surface area contributed by atoms with Crippen molar-refractivity contribution in [3.05, 3.63) is 85.8 Å². The molecule has 0 unspecified atom stereocenters. The molecular weight excluding hydrogens is 528 g/mol. The lowest BCUT2D eigenvalue weighted by Gasteiger charge is -2.11. The number of ether oxygens (including phenoxy) is 1. The number of hydrogen-bond acceptors (Lipinski definition) is 5. The standard InChI is InChI=1S/C23H20Br2N2O4/c1-13-9-19(24)22(20(25)10-13)31-12-15-3-5-16(6-4-15)23(30)27-26-14(2)18-8-7-17(28)11-21(18)29/h3-11,28-29H,12H2,1-2H3,(H,27,30)/b26-14+. The number of hydrazone groups is 1. The number of nitrogens with zero attached hydrogens (tertiary/aromatic N) is 1. The number of carbonyl (C=O) groups is 1. The fraction of sp³-hybridized carbons (Fsp3) is 0.130. The van der Waals surface area contributed by atoms with Gasteiger partial charge in [0.1, 0.15) is 23.9 Å². The molecule has 0 saturated carbocycles. The summed E-state index contributed by atoms with van der Waals surface area (Å²) in [4.78, 5) is 12.4. The summed E-state index contributed by atoms with van der Waals surface area (Å²) in [6.45, 7) is 4.00. The van der Waals surface area contributed by atoms with Crippen molar-refractivity contribution in [3.63, 3.8) is 0 Å². The minimum absolute atomic E-state index is 0.0516. The monoisotopic (exact) mass is 546 g/mol. The Hall–Kier alpha value is -2.84. The van der Waals surface area contributed by atoms with E-state index in [4.69, 9.17) is 4.74 Å². The van der Waals surface area contributed by atoms with Crippen LogP contribution >= 0.6 is 31.9 Å². The summed E-state index contributed by atoms with van der Waals surface area (Å²) in [6, 6.07) is 15.1. The normalized spacial score (nSPS) is 11.3. The van der Waals surface area contributed by atoms with Gasteiger partial charge in [-0.05, 0) is 93.2 Å². The van der Waals surface area contributed by atoms with Gasteiger partial charge in [0.05, 0.1) is 14.7 Å². The number of rotatable bonds is 6. The molecule has 0 spiro atoms. The van der Waals surface area contributed by atoms with Gasteiger partial charge in [0.15, 0.2) is 0 Å². The van der Waals surface area contributed by atoms with Crippen molar-refractivity contribution in [2.75, 3.05) is 0 Å². The fourth-order valence-corrected chi connectivity index (χ4v) is 4.46. The number of nitrogens with one attached hydrogen (secondary N) is 1. The lowest BCUT2D eigenvalue weighted by molar-refractivity contribution is 0.0954. The highest BCUT2D eigenvalue weighted by atomic mass is 79.9. The van der Waals surface area contributed by atoms with Crippen molar-refractivity contribution in [2.45, 2.75) is 20.5 Å². The molecule has 3 rings (SSSR count). The maximum Gasteiger partial charge on any atom is 0.271 e. The van der Waals surface area contributed by atoms with Crippen LogP contribution in [0.5, 0.6) is 17.2 Å². The first-order valence-corrected chi connectivity index (χ1v) is 10.9. The van der Waals surface area contributed by atoms with Crippen LogP contribution in [0.4, 0.5) is 0 Å². The van der Waals surface area contributed by atoms with Gasteiger partial charge in [-0.25, -0.2) is 5.43 Å². The number of aryl methyl sites for hydroxylation is 1. The summed E-state index contributed by atoms with van der Waals surface area (Å²) in [6.07, 6.45) is 0. The lowest BCUT2D eigenvalue weighted by atomic mass is 10.1. The van der Waals surface area contributed by atoms with Crippen LogP contribution in [0.3, 0.4) is 0 Å². The molecular formula is C23H20Br2N2O4. The van der Waals surface area contributed by atoms with E-state index in [1.165, 1.54) is 18.2 Å². The van der Waals surface area contributed by atoms with Crippen LogP contribution in [-0.2, 0) is 6.61 Å². The van der Waals surface area contributed by atoms with Gasteiger partial charge in [-0.1, -0.05) is 12.1 Å². The van der Waals surface area contributed by atoms with E-state index in [2.05, 4.69) is 42.4 Å². The second kappa shape index (κ2) is 9.98. The molecule has 0 saturated heterocycles. The van der Waals surface area contributed by atoms with E-state index >= 15 is 0 Å². The van der Waals surface area contributed by atoms with Crippen molar-refractivity contribution >= 4 is 43.5 Å². The number of hydrogen-bond donors (Lipinski definition) is 3. The van der Waals surface area contributed by atoms with E-state index in [0.717, 1.165) is 25.8 Å². The SMILES string of the molecule is C/C(=N\NC(=O)c1ccc(COc2c(Br)cc(C)cc2Br)cc1)c1ccc(O)cc1O. The number of benzene rings is 3. The van der Waals surface area contributed by atoms with Crippen molar-refractivity contribution < 1.29 is 19.7 Å². The Morgan fingerprint density at radius 2 is 1.68 bits per heavy atom. The Kier molecular flexibility index (Phi) is 7.35. The maximum absolute atomic E-state index is 12.4. The van der Waals surface area contributed by atoms with Crippen LogP contribution in [-0.4, -0.2) is 21.8 Å². The van der Waals surface area contributed by atoms with Gasteiger partial charge in [0, 0.05) is 17.2 Å². The molecule has 3 aromatic rings. The number of phenols is 2. The Labute approximate surface area is 196 Å². The minimum atomic E-state index is -0.380. The van der Waals surface area contributed by atoms with E-state index in [1.54, 1.807) is 19.1 Å². The first-order chi connectivity index (χ1) is 14.7. The third-order valence-corrected chi connectivity index (χ3v) is 5.62. The number of amides is 1. The predicted octanol–water partition coefficient (Wildman–Crippen LogP) is 5.66. The summed E-state index contributed by atoms with van der Waals surface area (Å²) in [7, 11) is 0. The van der Waals surface area contributed by atoms with E-state index in [-0.39, 0.29) is 17.4 Å². The smallest absolute Gasteiger partial charge is 0.271 e. The van der Waals surface area contributed by atoms with Gasteiger partial charge >= 0.3 is 0 Å². The average Bonchev–Trinajstić information content (AvgIpc) is 2.71. The molecule has 6 nitrogen and oxygen atoms in total. The molecule has 0 radical (unpaired) electrons. The molecule has 0 aliphatic heterocycles. The van der Waals surface area contributed by atoms with Gasteiger partial charge in [0.2, 0.25) is 0 Å². The molecule has 0 heterocycles. The molecule has 3 N–H and O–H groups in total. The second-order valence-corrected chi connectivity index (χ2v) is 8.59. The van der Waals surface area contributed by atoms with Crippen molar-refractivity contribution in [3.8, 4) is 17.2 Å². The largest absolute Gasteiger partial charge is 0.508 e. The zero-order valence-corrected chi connectivity index (χ0v) is 20.0. The fourth-order valence-electron chi connectivity index (χ4n) is 2.82. The Bertz CT molecular complexity index is 1120. The summed E-state index contributed by atoms with van der Waals surface area (Å²) < 4.78 is 7.63. The molecule has 0 aromatic heterocycles. The molecule has 0 atom stereocenters. The highest BCUT2D eigenvalue weighted by Gasteiger charge is 2.10. The summed E-state index contributed by atoms with van der Waals surface area (Å²) >= 11 is 7.01. The predicted molar refractivity (Wildman–Crippen MR) is 127 cm³/mol. The topological polar surface area (TPSA) is 91.2 Å². The summed E-state index contributed by atoms with van der Waals surface area (Å²) in [5.41, 5.74) is 5.75. The summed E-state index contributed by atoms with van der Waals surface area (Å²) in [5.74, 6) is 0.166. The van der Waals surface area contributed by atoms with Gasteiger partial charge in [-0.15, -0.1) is 0 Å². The molecule has 3 aromatic carbocycles. The molecule has 1 amide bonds. The maximum atomic E-state index is 12.4. The van der Waals surface area contributed by atoms with Crippen LogP contribution in [0.15, 0.2) is 68.6 Å². The molecule has 0 fully saturated rings. The third kappa shape index (κ3) is 5.86.